The van der Waals surface area contributed by atoms with Gasteiger partial charge in [-0.25, -0.2) is 19.2 Å². The first kappa shape index (κ1) is 22.1. The Morgan fingerprint density at radius 2 is 2.27 bits per heavy atom. The predicted octanol–water partition coefficient (Wildman–Crippen LogP) is -1.67. The Kier molecular flexibility index (Phi) is 5.81. The number of carboxylic acids is 1. The van der Waals surface area contributed by atoms with Crippen LogP contribution < -0.4 is 10.8 Å². The monoisotopic (exact) mass is 442 g/mol. The Labute approximate surface area is 169 Å². The summed E-state index contributed by atoms with van der Waals surface area (Å²) < 4.78 is 23.6. The molecule has 0 amide bonds. The number of nitrogen functional groups attached to an aromatic ring is 1. The highest BCUT2D eigenvalue weighted by molar-refractivity contribution is 7.50. The van der Waals surface area contributed by atoms with Crippen LogP contribution in [0.3, 0.4) is 0 Å². The number of carbonyl (C=O) groups is 1. The Balaban J connectivity index is 1.84. The first-order valence-electron chi connectivity index (χ1n) is 8.54. The lowest BCUT2D eigenvalue weighted by atomic mass is 9.92. The quantitative estimate of drug-likeness (QED) is 0.264. The minimum absolute atomic E-state index is 0.0490. The van der Waals surface area contributed by atoms with Crippen LogP contribution in [0.1, 0.15) is 12.6 Å². The Morgan fingerprint density at radius 3 is 2.90 bits per heavy atom. The number of fused-ring (bicyclic) bond motifs is 1. The zero-order valence-corrected chi connectivity index (χ0v) is 16.4. The molecule has 2 aromatic heterocycles. The largest absolute Gasteiger partial charge is 0.480 e. The second-order valence-electron chi connectivity index (χ2n) is 6.61. The van der Waals surface area contributed by atoms with E-state index >= 15 is 0 Å². The summed E-state index contributed by atoms with van der Waals surface area (Å²) in [5, 5.41) is 45.4. The van der Waals surface area contributed by atoms with Crippen molar-refractivity contribution in [2.75, 3.05) is 12.3 Å². The third-order valence-electron chi connectivity index (χ3n) is 4.63. The molecule has 0 aromatic carbocycles. The molecule has 1 saturated heterocycles. The lowest BCUT2D eigenvalue weighted by molar-refractivity contribution is -0.138. The van der Waals surface area contributed by atoms with E-state index in [2.05, 4.69) is 10.1 Å². The Morgan fingerprint density at radius 1 is 1.57 bits per heavy atom. The van der Waals surface area contributed by atoms with E-state index in [1.165, 1.54) is 16.6 Å². The molecule has 0 spiro atoms. The summed E-state index contributed by atoms with van der Waals surface area (Å²) in [6, 6.07) is 3.33. The summed E-state index contributed by atoms with van der Waals surface area (Å²) in [5.74, 6) is -1.28. The molecule has 3 heterocycles. The first-order chi connectivity index (χ1) is 14.0. The van der Waals surface area contributed by atoms with Gasteiger partial charge in [-0.05, 0) is 19.1 Å². The SMILES string of the molecule is CC(NP(=O)(O)OC[C@H]1O[C@@](C#N)(c2ccc3c(N)ncnn23)[C@H](O)[C@@H]1O)C(=O)O. The maximum absolute atomic E-state index is 12.0. The van der Waals surface area contributed by atoms with Crippen molar-refractivity contribution in [1.82, 2.24) is 19.7 Å². The number of rotatable bonds is 7. The normalized spacial score (nSPS) is 29.4. The summed E-state index contributed by atoms with van der Waals surface area (Å²) in [7, 11) is -4.59. The predicted molar refractivity (Wildman–Crippen MR) is 97.6 cm³/mol. The standard InChI is InChI=1S/C15H19N6O8P/c1-7(14(24)25)20-30(26,27)28-4-9-11(22)12(23)15(5-16,29-9)10-3-2-8-13(17)18-6-19-21(8)10/h2-3,6-7,9,11-12,22-23H,4H2,1H3,(H,24,25)(H2,17,18,19)(H2,20,26,27)/t7?,9-,11-,12-,15+/m1/s1. The molecule has 1 fully saturated rings. The van der Waals surface area contributed by atoms with Crippen LogP contribution in [0.5, 0.6) is 0 Å². The molecule has 1 aliphatic rings. The smallest absolute Gasteiger partial charge is 0.403 e. The third kappa shape index (κ3) is 3.75. The van der Waals surface area contributed by atoms with Gasteiger partial charge in [0, 0.05) is 0 Å². The molecule has 1 aliphatic heterocycles. The van der Waals surface area contributed by atoms with E-state index in [-0.39, 0.29) is 11.5 Å². The second-order valence-corrected chi connectivity index (χ2v) is 8.16. The van der Waals surface area contributed by atoms with Crippen LogP contribution >= 0.6 is 7.75 Å². The fourth-order valence-electron chi connectivity index (χ4n) is 3.06. The second kappa shape index (κ2) is 7.89. The van der Waals surface area contributed by atoms with Gasteiger partial charge in [-0.3, -0.25) is 9.32 Å². The number of hydrogen-bond donors (Lipinski definition) is 6. The van der Waals surface area contributed by atoms with Crippen LogP contribution in [0.25, 0.3) is 5.52 Å². The van der Waals surface area contributed by atoms with Gasteiger partial charge >= 0.3 is 13.7 Å². The number of hydrogen-bond acceptors (Lipinski definition) is 10. The lowest BCUT2D eigenvalue weighted by Gasteiger charge is -2.24. The van der Waals surface area contributed by atoms with E-state index in [4.69, 9.17) is 20.1 Å². The number of ether oxygens (including phenoxy) is 1. The fraction of sp³-hybridized carbons (Fsp3) is 0.467. The van der Waals surface area contributed by atoms with Gasteiger partial charge in [-0.1, -0.05) is 0 Å². The molecule has 6 atom stereocenters. The zero-order valence-electron chi connectivity index (χ0n) is 15.5. The molecule has 15 heteroatoms. The first-order valence-corrected chi connectivity index (χ1v) is 10.1. The molecule has 7 N–H and O–H groups in total. The van der Waals surface area contributed by atoms with Gasteiger partial charge in [0.15, 0.2) is 5.82 Å². The van der Waals surface area contributed by atoms with Crippen molar-refractivity contribution in [1.29, 1.82) is 5.26 Å². The van der Waals surface area contributed by atoms with Gasteiger partial charge in [0.25, 0.3) is 0 Å². The van der Waals surface area contributed by atoms with E-state index in [9.17, 15) is 29.7 Å². The van der Waals surface area contributed by atoms with E-state index in [1.807, 2.05) is 11.2 Å². The van der Waals surface area contributed by atoms with E-state index in [0.717, 1.165) is 13.3 Å². The number of anilines is 1. The van der Waals surface area contributed by atoms with Gasteiger partial charge in [0.2, 0.25) is 5.60 Å². The minimum atomic E-state index is -4.59. The molecule has 0 bridgehead atoms. The Bertz CT molecular complexity index is 1060. The molecular formula is C15H19N6O8P. The summed E-state index contributed by atoms with van der Waals surface area (Å²) in [6.45, 7) is 0.403. The van der Waals surface area contributed by atoms with Crippen molar-refractivity contribution in [2.45, 2.75) is 36.9 Å². The van der Waals surface area contributed by atoms with Crippen molar-refractivity contribution in [3.8, 4) is 6.07 Å². The van der Waals surface area contributed by atoms with Crippen LogP contribution in [0, 0.1) is 11.3 Å². The van der Waals surface area contributed by atoms with Gasteiger partial charge in [0.1, 0.15) is 42.3 Å². The molecule has 2 unspecified atom stereocenters. The van der Waals surface area contributed by atoms with Crippen LogP contribution in [-0.4, -0.2) is 71.7 Å². The van der Waals surface area contributed by atoms with Crippen molar-refractivity contribution >= 4 is 25.1 Å². The summed E-state index contributed by atoms with van der Waals surface area (Å²) in [4.78, 5) is 24.4. The molecule has 3 rings (SSSR count). The lowest BCUT2D eigenvalue weighted by Crippen LogP contribution is -2.41. The highest BCUT2D eigenvalue weighted by Crippen LogP contribution is 2.43. The number of nitrogens with two attached hydrogens (primary N) is 1. The number of nitriles is 1. The van der Waals surface area contributed by atoms with Crippen molar-refractivity contribution < 1.29 is 38.8 Å². The maximum Gasteiger partial charge on any atom is 0.403 e. The molecule has 0 saturated carbocycles. The van der Waals surface area contributed by atoms with Crippen molar-refractivity contribution in [2.24, 2.45) is 0 Å². The van der Waals surface area contributed by atoms with Crippen LogP contribution in [0.2, 0.25) is 0 Å². The van der Waals surface area contributed by atoms with Crippen molar-refractivity contribution in [3.05, 3.63) is 24.2 Å². The summed E-state index contributed by atoms with van der Waals surface area (Å²) in [5.41, 5.74) is 4.05. The summed E-state index contributed by atoms with van der Waals surface area (Å²) in [6.07, 6.45) is -3.71. The average molecular weight is 442 g/mol. The molecule has 0 radical (unpaired) electrons. The topological polar surface area (TPSA) is 226 Å². The third-order valence-corrected chi connectivity index (χ3v) is 5.84. The number of nitrogens with one attached hydrogen (secondary N) is 1. The minimum Gasteiger partial charge on any atom is -0.480 e. The Hall–Kier alpha value is -2.63. The molecule has 162 valence electrons. The van der Waals surface area contributed by atoms with Gasteiger partial charge in [-0.15, -0.1) is 0 Å². The van der Waals surface area contributed by atoms with Gasteiger partial charge in [-0.2, -0.15) is 10.4 Å². The number of aliphatic carboxylic acids is 1. The zero-order chi connectivity index (χ0) is 22.3. The van der Waals surface area contributed by atoms with Gasteiger partial charge in [0.05, 0.1) is 12.3 Å². The van der Waals surface area contributed by atoms with Crippen molar-refractivity contribution in [3.63, 3.8) is 0 Å². The number of nitrogens with zero attached hydrogens (tertiary/aromatic N) is 4. The van der Waals surface area contributed by atoms with E-state index in [1.54, 1.807) is 0 Å². The molecule has 2 aromatic rings. The fourth-order valence-corrected chi connectivity index (χ4v) is 4.09. The van der Waals surface area contributed by atoms with E-state index < -0.39 is 50.3 Å². The number of aliphatic hydroxyl groups is 2. The highest BCUT2D eigenvalue weighted by Gasteiger charge is 2.57. The number of aliphatic hydroxyl groups excluding tert-OH is 2. The maximum atomic E-state index is 12.0. The average Bonchev–Trinajstić information content (AvgIpc) is 3.22. The van der Waals surface area contributed by atoms with Crippen LogP contribution in [-0.2, 0) is 24.2 Å². The van der Waals surface area contributed by atoms with Crippen LogP contribution in [0.4, 0.5) is 5.82 Å². The van der Waals surface area contributed by atoms with Crippen LogP contribution in [0.15, 0.2) is 18.5 Å². The molecular weight excluding hydrogens is 423 g/mol. The number of carboxylic acid groups (broad SMARTS) is 1. The molecule has 14 nitrogen and oxygen atoms in total. The van der Waals surface area contributed by atoms with E-state index in [0.29, 0.717) is 5.52 Å². The molecule has 30 heavy (non-hydrogen) atoms. The number of aromatic nitrogens is 3. The molecule has 0 aliphatic carbocycles. The van der Waals surface area contributed by atoms with Gasteiger partial charge < -0.3 is 30.7 Å². The highest BCUT2D eigenvalue weighted by atomic mass is 31.2. The summed E-state index contributed by atoms with van der Waals surface area (Å²) >= 11 is 0.